The molecule has 21 heavy (non-hydrogen) atoms. The molecule has 2 rings (SSSR count). The molecule has 1 aromatic rings. The van der Waals surface area contributed by atoms with Crippen LogP contribution in [0.25, 0.3) is 0 Å². The van der Waals surface area contributed by atoms with E-state index in [9.17, 15) is 4.79 Å². The Morgan fingerprint density at radius 1 is 1.48 bits per heavy atom. The first-order chi connectivity index (χ1) is 10.1. The van der Waals surface area contributed by atoms with Crippen LogP contribution in [0.15, 0.2) is 12.1 Å². The minimum absolute atomic E-state index is 0.0232. The Bertz CT molecular complexity index is 490. The number of nitrogens with zero attached hydrogens (tertiary/aromatic N) is 2. The van der Waals surface area contributed by atoms with E-state index in [1.165, 1.54) is 0 Å². The van der Waals surface area contributed by atoms with Gasteiger partial charge in [0.25, 0.3) is 5.91 Å². The van der Waals surface area contributed by atoms with E-state index in [4.69, 9.17) is 16.3 Å². The van der Waals surface area contributed by atoms with E-state index < -0.39 is 0 Å². The third-order valence-electron chi connectivity index (χ3n) is 3.62. The lowest BCUT2D eigenvalue weighted by Gasteiger charge is -2.27. The van der Waals surface area contributed by atoms with Crippen LogP contribution in [-0.2, 0) is 4.74 Å². The lowest BCUT2D eigenvalue weighted by atomic mass is 9.99. The van der Waals surface area contributed by atoms with Gasteiger partial charge < -0.3 is 15.0 Å². The summed E-state index contributed by atoms with van der Waals surface area (Å²) >= 11 is 5.99. The molecule has 5 nitrogen and oxygen atoms in total. The number of ether oxygens (including phenoxy) is 1. The Balaban J connectivity index is 2.03. The molecule has 0 bridgehead atoms. The van der Waals surface area contributed by atoms with Crippen molar-refractivity contribution >= 4 is 23.3 Å². The Labute approximate surface area is 130 Å². The smallest absolute Gasteiger partial charge is 0.253 e. The molecule has 116 valence electrons. The molecule has 0 spiro atoms. The van der Waals surface area contributed by atoms with Crippen LogP contribution in [0.4, 0.5) is 5.82 Å². The zero-order chi connectivity index (χ0) is 15.2. The second-order valence-corrected chi connectivity index (χ2v) is 5.72. The summed E-state index contributed by atoms with van der Waals surface area (Å²) in [7, 11) is 1.83. The lowest BCUT2D eigenvalue weighted by molar-refractivity contribution is 0.0497. The number of aromatic nitrogens is 1. The van der Waals surface area contributed by atoms with Gasteiger partial charge in [0.05, 0.1) is 0 Å². The monoisotopic (exact) mass is 311 g/mol. The van der Waals surface area contributed by atoms with Gasteiger partial charge >= 0.3 is 0 Å². The molecule has 6 heteroatoms. The van der Waals surface area contributed by atoms with Crippen molar-refractivity contribution < 1.29 is 9.53 Å². The molecule has 1 aliphatic rings. The van der Waals surface area contributed by atoms with Crippen LogP contribution < -0.4 is 5.32 Å². The van der Waals surface area contributed by atoms with Gasteiger partial charge in [0.1, 0.15) is 11.0 Å². The van der Waals surface area contributed by atoms with Gasteiger partial charge in [-0.1, -0.05) is 11.6 Å². The van der Waals surface area contributed by atoms with E-state index in [0.29, 0.717) is 22.5 Å². The topological polar surface area (TPSA) is 54.5 Å². The van der Waals surface area contributed by atoms with Gasteiger partial charge in [0, 0.05) is 38.9 Å². The number of carbonyl (C=O) groups is 1. The molecule has 1 aromatic heterocycles. The second kappa shape index (κ2) is 7.61. The first-order valence-corrected chi connectivity index (χ1v) is 7.72. The van der Waals surface area contributed by atoms with Crippen molar-refractivity contribution in [2.45, 2.75) is 19.8 Å². The van der Waals surface area contributed by atoms with E-state index in [-0.39, 0.29) is 5.91 Å². The molecular weight excluding hydrogens is 290 g/mol. The van der Waals surface area contributed by atoms with Crippen LogP contribution in [0.5, 0.6) is 0 Å². The van der Waals surface area contributed by atoms with Crippen molar-refractivity contribution in [2.75, 3.05) is 38.7 Å². The molecule has 1 fully saturated rings. The highest BCUT2D eigenvalue weighted by Crippen LogP contribution is 2.19. The van der Waals surface area contributed by atoms with E-state index in [1.807, 2.05) is 14.0 Å². The molecule has 2 heterocycles. The predicted octanol–water partition coefficient (Wildman–Crippen LogP) is 2.67. The van der Waals surface area contributed by atoms with Crippen LogP contribution in [0, 0.1) is 5.92 Å². The summed E-state index contributed by atoms with van der Waals surface area (Å²) < 4.78 is 5.35. The third kappa shape index (κ3) is 4.58. The molecule has 0 aromatic carbocycles. The lowest BCUT2D eigenvalue weighted by Crippen LogP contribution is -2.34. The van der Waals surface area contributed by atoms with Crippen molar-refractivity contribution in [1.82, 2.24) is 9.88 Å². The summed E-state index contributed by atoms with van der Waals surface area (Å²) in [5, 5.41) is 3.41. The maximum Gasteiger partial charge on any atom is 0.253 e. The minimum atomic E-state index is -0.0232. The number of carbonyl (C=O) groups excluding carboxylic acids is 1. The van der Waals surface area contributed by atoms with Crippen LogP contribution in [0.3, 0.4) is 0 Å². The fourth-order valence-corrected chi connectivity index (χ4v) is 2.72. The van der Waals surface area contributed by atoms with E-state index in [1.54, 1.807) is 17.0 Å². The number of hydrogen-bond acceptors (Lipinski definition) is 4. The SMILES string of the molecule is CCNc1cc(C(=O)N(C)CC2CCOCC2)cc(Cl)n1. The summed E-state index contributed by atoms with van der Waals surface area (Å²) in [5.74, 6) is 1.12. The highest BCUT2D eigenvalue weighted by molar-refractivity contribution is 6.29. The summed E-state index contributed by atoms with van der Waals surface area (Å²) in [6.45, 7) is 5.04. The van der Waals surface area contributed by atoms with Crippen molar-refractivity contribution in [1.29, 1.82) is 0 Å². The van der Waals surface area contributed by atoms with Crippen LogP contribution >= 0.6 is 11.6 Å². The normalized spacial score (nSPS) is 15.8. The van der Waals surface area contributed by atoms with Gasteiger partial charge in [-0.25, -0.2) is 4.98 Å². The van der Waals surface area contributed by atoms with Gasteiger partial charge in [-0.05, 0) is 37.8 Å². The number of pyridine rings is 1. The number of rotatable bonds is 5. The molecule has 0 aliphatic carbocycles. The summed E-state index contributed by atoms with van der Waals surface area (Å²) in [4.78, 5) is 18.4. The number of amides is 1. The number of halogens is 1. The quantitative estimate of drug-likeness (QED) is 0.849. The van der Waals surface area contributed by atoms with Crippen molar-refractivity contribution in [3.63, 3.8) is 0 Å². The first-order valence-electron chi connectivity index (χ1n) is 7.34. The van der Waals surface area contributed by atoms with Gasteiger partial charge in [-0.15, -0.1) is 0 Å². The zero-order valence-corrected chi connectivity index (χ0v) is 13.3. The molecule has 1 saturated heterocycles. The maximum absolute atomic E-state index is 12.5. The van der Waals surface area contributed by atoms with Crippen molar-refractivity contribution in [2.24, 2.45) is 5.92 Å². The highest BCUT2D eigenvalue weighted by Gasteiger charge is 2.20. The molecular formula is C15H22ClN3O2. The average Bonchev–Trinajstić information content (AvgIpc) is 2.47. The fraction of sp³-hybridized carbons (Fsp3) is 0.600. The molecule has 0 saturated carbocycles. The molecule has 1 N–H and O–H groups in total. The zero-order valence-electron chi connectivity index (χ0n) is 12.6. The largest absolute Gasteiger partial charge is 0.381 e. The summed E-state index contributed by atoms with van der Waals surface area (Å²) in [6.07, 6.45) is 2.02. The Morgan fingerprint density at radius 3 is 2.86 bits per heavy atom. The van der Waals surface area contributed by atoms with E-state index in [2.05, 4.69) is 10.3 Å². The predicted molar refractivity (Wildman–Crippen MR) is 83.9 cm³/mol. The number of hydrogen-bond donors (Lipinski definition) is 1. The van der Waals surface area contributed by atoms with Crippen LogP contribution in [-0.4, -0.2) is 49.1 Å². The Morgan fingerprint density at radius 2 is 2.19 bits per heavy atom. The Hall–Kier alpha value is -1.33. The number of nitrogens with one attached hydrogen (secondary N) is 1. The van der Waals surface area contributed by atoms with Crippen molar-refractivity contribution in [3.05, 3.63) is 22.8 Å². The molecule has 0 atom stereocenters. The molecule has 1 amide bonds. The summed E-state index contributed by atoms with van der Waals surface area (Å²) in [5.41, 5.74) is 0.570. The van der Waals surface area contributed by atoms with Gasteiger partial charge in [-0.3, -0.25) is 4.79 Å². The third-order valence-corrected chi connectivity index (χ3v) is 3.81. The minimum Gasteiger partial charge on any atom is -0.381 e. The Kier molecular flexibility index (Phi) is 5.82. The molecule has 0 radical (unpaired) electrons. The average molecular weight is 312 g/mol. The van der Waals surface area contributed by atoms with Crippen LogP contribution in [0.1, 0.15) is 30.1 Å². The van der Waals surface area contributed by atoms with E-state index in [0.717, 1.165) is 39.1 Å². The second-order valence-electron chi connectivity index (χ2n) is 5.34. The van der Waals surface area contributed by atoms with Crippen molar-refractivity contribution in [3.8, 4) is 0 Å². The summed E-state index contributed by atoms with van der Waals surface area (Å²) in [6, 6.07) is 3.36. The highest BCUT2D eigenvalue weighted by atomic mass is 35.5. The van der Waals surface area contributed by atoms with E-state index >= 15 is 0 Å². The van der Waals surface area contributed by atoms with Gasteiger partial charge in [0.15, 0.2) is 0 Å². The van der Waals surface area contributed by atoms with Gasteiger partial charge in [0.2, 0.25) is 0 Å². The first kappa shape index (κ1) is 16.0. The van der Waals surface area contributed by atoms with Crippen LogP contribution in [0.2, 0.25) is 5.15 Å². The molecule has 1 aliphatic heterocycles. The fourth-order valence-electron chi connectivity index (χ4n) is 2.51. The number of anilines is 1. The molecule has 0 unspecified atom stereocenters. The van der Waals surface area contributed by atoms with Gasteiger partial charge in [-0.2, -0.15) is 0 Å². The standard InChI is InChI=1S/C15H22ClN3O2/c1-3-17-14-9-12(8-13(16)18-14)15(20)19(2)10-11-4-6-21-7-5-11/h8-9,11H,3-7,10H2,1-2H3,(H,17,18). The maximum atomic E-state index is 12.5.